The molecule has 0 saturated carbocycles. The van der Waals surface area contributed by atoms with Crippen LogP contribution in [-0.2, 0) is 0 Å². The summed E-state index contributed by atoms with van der Waals surface area (Å²) in [5.41, 5.74) is 1.73. The number of rotatable bonds is 2. The zero-order chi connectivity index (χ0) is 8.97. The summed E-state index contributed by atoms with van der Waals surface area (Å²) in [6.45, 7) is 1.96. The van der Waals surface area contributed by atoms with Crippen molar-refractivity contribution in [3.05, 3.63) is 35.4 Å². The van der Waals surface area contributed by atoms with Crippen LogP contribution in [0, 0.1) is 6.92 Å². The number of Topliss-reactive ketones (excluding diaryl/α,β-unsaturated/α-hetero) is 1. The lowest BCUT2D eigenvalue weighted by Gasteiger charge is -1.94. The van der Waals surface area contributed by atoms with E-state index in [1.807, 2.05) is 19.1 Å². The number of ketones is 1. The molecule has 0 aliphatic rings. The van der Waals surface area contributed by atoms with Gasteiger partial charge >= 0.3 is 0 Å². The molecule has 0 aromatic heterocycles. The SMILES string of the molecule is Cc1ccc(C(=O)/C=N\N)cc1. The van der Waals surface area contributed by atoms with Gasteiger partial charge in [0.15, 0.2) is 0 Å². The Balaban J connectivity index is 2.90. The van der Waals surface area contributed by atoms with Gasteiger partial charge in [0.2, 0.25) is 5.78 Å². The molecule has 0 spiro atoms. The highest BCUT2D eigenvalue weighted by Crippen LogP contribution is 2.02. The van der Waals surface area contributed by atoms with Crippen molar-refractivity contribution in [2.75, 3.05) is 0 Å². The quantitative estimate of drug-likeness (QED) is 0.306. The third-order valence-electron chi connectivity index (χ3n) is 1.53. The molecule has 1 rings (SSSR count). The molecule has 0 bridgehead atoms. The summed E-state index contributed by atoms with van der Waals surface area (Å²) in [5, 5.41) is 3.16. The van der Waals surface area contributed by atoms with E-state index in [1.54, 1.807) is 12.1 Å². The van der Waals surface area contributed by atoms with Crippen molar-refractivity contribution in [3.63, 3.8) is 0 Å². The summed E-state index contributed by atoms with van der Waals surface area (Å²) in [6.07, 6.45) is 1.10. The minimum absolute atomic E-state index is 0.169. The number of carbonyl (C=O) groups excluding carboxylic acids is 1. The third-order valence-corrected chi connectivity index (χ3v) is 1.53. The monoisotopic (exact) mass is 162 g/mol. The van der Waals surface area contributed by atoms with Crippen LogP contribution in [0.25, 0.3) is 0 Å². The van der Waals surface area contributed by atoms with E-state index in [0.29, 0.717) is 5.56 Å². The summed E-state index contributed by atoms with van der Waals surface area (Å²) in [4.78, 5) is 11.1. The van der Waals surface area contributed by atoms with Gasteiger partial charge in [0, 0.05) is 5.56 Å². The second-order valence-corrected chi connectivity index (χ2v) is 2.51. The van der Waals surface area contributed by atoms with Crippen LogP contribution in [0.15, 0.2) is 29.4 Å². The molecule has 0 unspecified atom stereocenters. The fraction of sp³-hybridized carbons (Fsp3) is 0.111. The van der Waals surface area contributed by atoms with Gasteiger partial charge in [-0.1, -0.05) is 29.8 Å². The molecule has 0 fully saturated rings. The number of carbonyl (C=O) groups is 1. The first-order valence-electron chi connectivity index (χ1n) is 3.58. The van der Waals surface area contributed by atoms with Crippen LogP contribution in [0.4, 0.5) is 0 Å². The lowest BCUT2D eigenvalue weighted by Crippen LogP contribution is -2.01. The molecule has 0 radical (unpaired) electrons. The van der Waals surface area contributed by atoms with E-state index in [-0.39, 0.29) is 5.78 Å². The Morgan fingerprint density at radius 2 is 2.00 bits per heavy atom. The standard InChI is InChI=1S/C9H10N2O/c1-7-2-4-8(5-3-7)9(12)6-11-10/h2-6H,10H2,1H3/b11-6-. The molecule has 3 nitrogen and oxygen atoms in total. The minimum atomic E-state index is -0.169. The van der Waals surface area contributed by atoms with Gasteiger partial charge in [0.1, 0.15) is 0 Å². The van der Waals surface area contributed by atoms with E-state index in [9.17, 15) is 4.79 Å². The maximum Gasteiger partial charge on any atom is 0.205 e. The highest BCUT2D eigenvalue weighted by Gasteiger charge is 1.99. The first-order chi connectivity index (χ1) is 5.74. The van der Waals surface area contributed by atoms with Crippen molar-refractivity contribution in [2.24, 2.45) is 10.9 Å². The number of hydrogen-bond donors (Lipinski definition) is 1. The van der Waals surface area contributed by atoms with Crippen molar-refractivity contribution in [1.82, 2.24) is 0 Å². The fourth-order valence-corrected chi connectivity index (χ4v) is 0.860. The van der Waals surface area contributed by atoms with E-state index in [2.05, 4.69) is 5.10 Å². The van der Waals surface area contributed by atoms with Crippen molar-refractivity contribution < 1.29 is 4.79 Å². The lowest BCUT2D eigenvalue weighted by atomic mass is 10.1. The van der Waals surface area contributed by atoms with Crippen LogP contribution < -0.4 is 5.84 Å². The summed E-state index contributed by atoms with van der Waals surface area (Å²) < 4.78 is 0. The zero-order valence-electron chi connectivity index (χ0n) is 6.82. The second kappa shape index (κ2) is 3.67. The number of hydrogen-bond acceptors (Lipinski definition) is 3. The highest BCUT2D eigenvalue weighted by molar-refractivity contribution is 6.35. The van der Waals surface area contributed by atoms with E-state index >= 15 is 0 Å². The van der Waals surface area contributed by atoms with E-state index < -0.39 is 0 Å². The maximum atomic E-state index is 11.1. The van der Waals surface area contributed by atoms with Gasteiger partial charge in [-0.3, -0.25) is 4.79 Å². The average Bonchev–Trinajstić information content (AvgIpc) is 2.06. The van der Waals surface area contributed by atoms with Crippen LogP contribution in [-0.4, -0.2) is 12.0 Å². The van der Waals surface area contributed by atoms with Gasteiger partial charge in [-0.25, -0.2) is 0 Å². The first-order valence-corrected chi connectivity index (χ1v) is 3.58. The van der Waals surface area contributed by atoms with Crippen molar-refractivity contribution in [3.8, 4) is 0 Å². The Kier molecular flexibility index (Phi) is 2.58. The van der Waals surface area contributed by atoms with Gasteiger partial charge in [-0.15, -0.1) is 0 Å². The molecular weight excluding hydrogens is 152 g/mol. The number of hydrazone groups is 1. The number of nitrogens with zero attached hydrogens (tertiary/aromatic N) is 1. The molecule has 1 aromatic rings. The maximum absolute atomic E-state index is 11.1. The van der Waals surface area contributed by atoms with Crippen LogP contribution in [0.2, 0.25) is 0 Å². The summed E-state index contributed by atoms with van der Waals surface area (Å²) in [5.74, 6) is 4.68. The van der Waals surface area contributed by atoms with Gasteiger partial charge in [-0.2, -0.15) is 5.10 Å². The second-order valence-electron chi connectivity index (χ2n) is 2.51. The highest BCUT2D eigenvalue weighted by atomic mass is 16.1. The van der Waals surface area contributed by atoms with Gasteiger partial charge in [0.25, 0.3) is 0 Å². The molecule has 2 N–H and O–H groups in total. The Morgan fingerprint density at radius 1 is 1.42 bits per heavy atom. The smallest absolute Gasteiger partial charge is 0.205 e. The Labute approximate surface area is 70.9 Å². The topological polar surface area (TPSA) is 55.5 Å². The van der Waals surface area contributed by atoms with E-state index in [1.165, 1.54) is 0 Å². The molecule has 0 aliphatic heterocycles. The molecule has 0 atom stereocenters. The molecule has 0 aliphatic carbocycles. The van der Waals surface area contributed by atoms with E-state index in [0.717, 1.165) is 11.8 Å². The van der Waals surface area contributed by atoms with Gasteiger partial charge in [-0.05, 0) is 6.92 Å². The molecule has 0 saturated heterocycles. The van der Waals surface area contributed by atoms with Crippen molar-refractivity contribution in [2.45, 2.75) is 6.92 Å². The fourth-order valence-electron chi connectivity index (χ4n) is 0.860. The summed E-state index contributed by atoms with van der Waals surface area (Å²) in [6, 6.07) is 7.24. The Morgan fingerprint density at radius 3 is 2.50 bits per heavy atom. The number of nitrogens with two attached hydrogens (primary N) is 1. The normalized spacial score (nSPS) is 10.4. The predicted octanol–water partition coefficient (Wildman–Crippen LogP) is 1.12. The van der Waals surface area contributed by atoms with Gasteiger partial charge in [0.05, 0.1) is 6.21 Å². The Hall–Kier alpha value is -1.64. The zero-order valence-corrected chi connectivity index (χ0v) is 6.82. The predicted molar refractivity (Wildman–Crippen MR) is 48.2 cm³/mol. The molecule has 62 valence electrons. The molecule has 0 heterocycles. The largest absolute Gasteiger partial charge is 0.323 e. The molecule has 12 heavy (non-hydrogen) atoms. The minimum Gasteiger partial charge on any atom is -0.323 e. The lowest BCUT2D eigenvalue weighted by molar-refractivity contribution is 0.107. The summed E-state index contributed by atoms with van der Waals surface area (Å²) in [7, 11) is 0. The number of aryl methyl sites for hydroxylation is 1. The van der Waals surface area contributed by atoms with Gasteiger partial charge < -0.3 is 5.84 Å². The van der Waals surface area contributed by atoms with E-state index in [4.69, 9.17) is 5.84 Å². The Bertz CT molecular complexity index is 301. The average molecular weight is 162 g/mol. The summed E-state index contributed by atoms with van der Waals surface area (Å²) >= 11 is 0. The number of benzene rings is 1. The van der Waals surface area contributed by atoms with Crippen LogP contribution in [0.5, 0.6) is 0 Å². The molecule has 0 amide bonds. The molecular formula is C9H10N2O. The van der Waals surface area contributed by atoms with Crippen LogP contribution >= 0.6 is 0 Å². The van der Waals surface area contributed by atoms with Crippen LogP contribution in [0.1, 0.15) is 15.9 Å². The third kappa shape index (κ3) is 1.92. The van der Waals surface area contributed by atoms with Crippen molar-refractivity contribution in [1.29, 1.82) is 0 Å². The molecule has 3 heteroatoms. The molecule has 1 aromatic carbocycles. The van der Waals surface area contributed by atoms with Crippen LogP contribution in [0.3, 0.4) is 0 Å². The first kappa shape index (κ1) is 8.46. The van der Waals surface area contributed by atoms with Crippen molar-refractivity contribution >= 4 is 12.0 Å².